The van der Waals surface area contributed by atoms with Crippen molar-refractivity contribution in [2.24, 2.45) is 0 Å². The van der Waals surface area contributed by atoms with Crippen molar-refractivity contribution in [1.82, 2.24) is 24.1 Å². The summed E-state index contributed by atoms with van der Waals surface area (Å²) >= 11 is 1.45. The molecule has 0 radical (unpaired) electrons. The van der Waals surface area contributed by atoms with E-state index in [-0.39, 0.29) is 0 Å². The van der Waals surface area contributed by atoms with Crippen molar-refractivity contribution in [3.8, 4) is 10.6 Å². The number of anilines is 1. The third-order valence-electron chi connectivity index (χ3n) is 4.05. The fraction of sp³-hybridized carbons (Fsp3) is 0.429. The van der Waals surface area contributed by atoms with E-state index in [9.17, 15) is 0 Å². The first-order valence-electron chi connectivity index (χ1n) is 7.16. The van der Waals surface area contributed by atoms with Crippen molar-refractivity contribution < 1.29 is 0 Å². The molecule has 3 aromatic rings. The van der Waals surface area contributed by atoms with E-state index in [1.807, 2.05) is 17.7 Å². The first-order valence-corrected chi connectivity index (χ1v) is 7.94. The second kappa shape index (κ2) is 4.77. The maximum atomic E-state index is 6.09. The molecule has 0 amide bonds. The van der Waals surface area contributed by atoms with Crippen molar-refractivity contribution in [2.45, 2.75) is 38.6 Å². The standard InChI is InChI=1S/C14H16N6S/c1-8-6-10(21-19-8)12-11-13(15)16-7-17-14(11)20(18-12)9-4-2-3-5-9/h6-7,9H,2-5H2,1H3,(H2,15,16,17). The molecule has 0 spiro atoms. The molecule has 3 aromatic heterocycles. The number of aromatic nitrogens is 5. The summed E-state index contributed by atoms with van der Waals surface area (Å²) in [6, 6.07) is 2.46. The third kappa shape index (κ3) is 1.99. The molecule has 7 heteroatoms. The van der Waals surface area contributed by atoms with Crippen LogP contribution in [0.15, 0.2) is 12.4 Å². The van der Waals surface area contributed by atoms with E-state index in [1.54, 1.807) is 0 Å². The smallest absolute Gasteiger partial charge is 0.164 e. The van der Waals surface area contributed by atoms with Gasteiger partial charge in [-0.25, -0.2) is 14.6 Å². The molecule has 0 saturated heterocycles. The van der Waals surface area contributed by atoms with Gasteiger partial charge in [0.2, 0.25) is 0 Å². The molecule has 4 rings (SSSR count). The average molecular weight is 300 g/mol. The van der Waals surface area contributed by atoms with E-state index in [1.165, 1.54) is 30.7 Å². The maximum absolute atomic E-state index is 6.09. The lowest BCUT2D eigenvalue weighted by Gasteiger charge is -2.09. The lowest BCUT2D eigenvalue weighted by Crippen LogP contribution is -2.07. The van der Waals surface area contributed by atoms with Gasteiger partial charge in [0.1, 0.15) is 17.8 Å². The maximum Gasteiger partial charge on any atom is 0.164 e. The average Bonchev–Trinajstić information content (AvgIpc) is 3.16. The first kappa shape index (κ1) is 12.7. The number of rotatable bonds is 2. The van der Waals surface area contributed by atoms with Crippen molar-refractivity contribution in [1.29, 1.82) is 0 Å². The molecule has 0 unspecified atom stereocenters. The second-order valence-corrected chi connectivity index (χ2v) is 6.33. The summed E-state index contributed by atoms with van der Waals surface area (Å²) < 4.78 is 6.39. The quantitative estimate of drug-likeness (QED) is 0.786. The van der Waals surface area contributed by atoms with E-state index in [4.69, 9.17) is 10.8 Å². The van der Waals surface area contributed by atoms with Crippen molar-refractivity contribution in [3.63, 3.8) is 0 Å². The summed E-state index contributed by atoms with van der Waals surface area (Å²) in [4.78, 5) is 9.59. The van der Waals surface area contributed by atoms with Gasteiger partial charge in [-0.2, -0.15) is 9.47 Å². The van der Waals surface area contributed by atoms with Gasteiger partial charge in [-0.1, -0.05) is 12.8 Å². The molecule has 1 saturated carbocycles. The number of hydrogen-bond acceptors (Lipinski definition) is 6. The van der Waals surface area contributed by atoms with E-state index in [0.717, 1.165) is 40.1 Å². The molecule has 3 heterocycles. The van der Waals surface area contributed by atoms with Crippen LogP contribution in [-0.2, 0) is 0 Å². The summed E-state index contributed by atoms with van der Waals surface area (Å²) in [5, 5.41) is 5.68. The number of nitrogens with zero attached hydrogens (tertiary/aromatic N) is 5. The van der Waals surface area contributed by atoms with E-state index in [2.05, 4.69) is 14.3 Å². The number of fused-ring (bicyclic) bond motifs is 1. The van der Waals surface area contributed by atoms with Crippen LogP contribution in [0.3, 0.4) is 0 Å². The van der Waals surface area contributed by atoms with Gasteiger partial charge >= 0.3 is 0 Å². The molecule has 0 bridgehead atoms. The molecule has 1 aliphatic rings. The largest absolute Gasteiger partial charge is 0.383 e. The van der Waals surface area contributed by atoms with Crippen molar-refractivity contribution in [2.75, 3.05) is 5.73 Å². The Morgan fingerprint density at radius 2 is 2.10 bits per heavy atom. The van der Waals surface area contributed by atoms with Crippen LogP contribution in [0.5, 0.6) is 0 Å². The number of nitrogen functional groups attached to an aromatic ring is 1. The Morgan fingerprint density at radius 3 is 2.81 bits per heavy atom. The van der Waals surface area contributed by atoms with Crippen molar-refractivity contribution >= 4 is 28.4 Å². The van der Waals surface area contributed by atoms with Crippen molar-refractivity contribution in [3.05, 3.63) is 18.1 Å². The predicted octanol–water partition coefficient (Wildman–Crippen LogP) is 2.96. The molecule has 0 aliphatic heterocycles. The summed E-state index contributed by atoms with van der Waals surface area (Å²) in [5.41, 5.74) is 8.79. The Balaban J connectivity index is 1.97. The first-order chi connectivity index (χ1) is 10.2. The van der Waals surface area contributed by atoms with Crippen LogP contribution in [0, 0.1) is 6.92 Å². The summed E-state index contributed by atoms with van der Waals surface area (Å²) in [5.74, 6) is 0.491. The Kier molecular flexibility index (Phi) is 2.88. The van der Waals surface area contributed by atoms with Gasteiger partial charge in [0.05, 0.1) is 22.0 Å². The van der Waals surface area contributed by atoms with Crippen LogP contribution in [0.25, 0.3) is 21.6 Å². The zero-order valence-corrected chi connectivity index (χ0v) is 12.6. The Labute approximate surface area is 126 Å². The highest BCUT2D eigenvalue weighted by Crippen LogP contribution is 2.37. The highest BCUT2D eigenvalue weighted by molar-refractivity contribution is 7.09. The molecule has 0 aromatic carbocycles. The molecule has 1 fully saturated rings. The minimum absolute atomic E-state index is 0.421. The molecule has 2 N–H and O–H groups in total. The Morgan fingerprint density at radius 1 is 1.29 bits per heavy atom. The lowest BCUT2D eigenvalue weighted by atomic mass is 10.2. The predicted molar refractivity (Wildman–Crippen MR) is 83.1 cm³/mol. The number of aryl methyl sites for hydroxylation is 1. The van der Waals surface area contributed by atoms with Gasteiger partial charge in [-0.3, -0.25) is 0 Å². The zero-order chi connectivity index (χ0) is 14.4. The minimum Gasteiger partial charge on any atom is -0.383 e. The number of nitrogens with two attached hydrogens (primary N) is 1. The Bertz CT molecular complexity index is 799. The van der Waals surface area contributed by atoms with Gasteiger partial charge in [-0.15, -0.1) is 0 Å². The fourth-order valence-electron chi connectivity index (χ4n) is 3.05. The third-order valence-corrected chi connectivity index (χ3v) is 4.94. The summed E-state index contributed by atoms with van der Waals surface area (Å²) in [7, 11) is 0. The van der Waals surface area contributed by atoms with Crippen LogP contribution < -0.4 is 5.73 Å². The van der Waals surface area contributed by atoms with Crippen LogP contribution >= 0.6 is 11.5 Å². The normalized spacial score (nSPS) is 16.0. The molecule has 21 heavy (non-hydrogen) atoms. The highest BCUT2D eigenvalue weighted by Gasteiger charge is 2.25. The Hall–Kier alpha value is -2.02. The molecule has 108 valence electrons. The SMILES string of the molecule is Cc1cc(-c2nn(C3CCCC3)c3ncnc(N)c23)sn1. The highest BCUT2D eigenvalue weighted by atomic mass is 32.1. The van der Waals surface area contributed by atoms with Crippen LogP contribution in [0.1, 0.15) is 37.4 Å². The van der Waals surface area contributed by atoms with E-state index in [0.29, 0.717) is 11.9 Å². The van der Waals surface area contributed by atoms with Crippen LogP contribution in [0.4, 0.5) is 5.82 Å². The zero-order valence-electron chi connectivity index (χ0n) is 11.8. The summed E-state index contributed by atoms with van der Waals surface area (Å²) in [6.07, 6.45) is 6.33. The molecule has 1 aliphatic carbocycles. The molecule has 0 atom stereocenters. The molecular formula is C14H16N6S. The molecular weight excluding hydrogens is 284 g/mol. The second-order valence-electron chi connectivity index (χ2n) is 5.52. The van der Waals surface area contributed by atoms with Crippen LogP contribution in [-0.4, -0.2) is 24.1 Å². The van der Waals surface area contributed by atoms with Crippen LogP contribution in [0.2, 0.25) is 0 Å². The monoisotopic (exact) mass is 300 g/mol. The van der Waals surface area contributed by atoms with Gasteiger partial charge in [0.25, 0.3) is 0 Å². The van der Waals surface area contributed by atoms with E-state index < -0.39 is 0 Å². The topological polar surface area (TPSA) is 82.5 Å². The van der Waals surface area contributed by atoms with Gasteiger partial charge in [0, 0.05) is 0 Å². The summed E-state index contributed by atoms with van der Waals surface area (Å²) in [6.45, 7) is 1.98. The van der Waals surface area contributed by atoms with Gasteiger partial charge < -0.3 is 5.73 Å². The van der Waals surface area contributed by atoms with Gasteiger partial charge in [0.15, 0.2) is 5.65 Å². The fourth-order valence-corrected chi connectivity index (χ4v) is 3.79. The van der Waals surface area contributed by atoms with Gasteiger partial charge in [-0.05, 0) is 37.4 Å². The lowest BCUT2D eigenvalue weighted by molar-refractivity contribution is 0.480. The number of hydrogen-bond donors (Lipinski definition) is 1. The van der Waals surface area contributed by atoms with E-state index >= 15 is 0 Å². The minimum atomic E-state index is 0.421. The molecule has 6 nitrogen and oxygen atoms in total.